The number of benzene rings is 2. The molecule has 5 rings (SSSR count). The molecule has 0 fully saturated rings. The van der Waals surface area contributed by atoms with E-state index in [0.717, 1.165) is 0 Å². The predicted molar refractivity (Wildman–Crippen MR) is 163 cm³/mol. The molecule has 1 amide bonds. The van der Waals surface area contributed by atoms with Crippen molar-refractivity contribution in [3.05, 3.63) is 123 Å². The first-order valence-electron chi connectivity index (χ1n) is 13.1. The van der Waals surface area contributed by atoms with E-state index < -0.39 is 11.9 Å². The van der Waals surface area contributed by atoms with E-state index in [4.69, 9.17) is 10.7 Å². The molecule has 0 aliphatic rings. The van der Waals surface area contributed by atoms with Gasteiger partial charge in [-0.05, 0) is 37.3 Å². The maximum Gasteiger partial charge on any atom is 0.267 e. The summed E-state index contributed by atoms with van der Waals surface area (Å²) in [5, 5.41) is 10.5. The molecule has 0 spiro atoms. The number of H-pyrrole nitrogens is 1. The Morgan fingerprint density at radius 2 is 1.90 bits per heavy atom. The van der Waals surface area contributed by atoms with Crippen molar-refractivity contribution in [3.8, 4) is 17.5 Å². The number of aromatic amines is 1. The maximum atomic E-state index is 14.2. The molecule has 1 unspecified atom stereocenters. The number of nitrogens with one attached hydrogen (secondary N) is 3. The number of aromatic nitrogens is 5. The van der Waals surface area contributed by atoms with E-state index in [1.54, 1.807) is 56.4 Å². The summed E-state index contributed by atoms with van der Waals surface area (Å²) in [6.07, 6.45) is 3.17. The fourth-order valence-electron chi connectivity index (χ4n) is 4.57. The molecule has 0 bridgehead atoms. The van der Waals surface area contributed by atoms with Gasteiger partial charge in [0.05, 0.1) is 22.6 Å². The van der Waals surface area contributed by atoms with Crippen LogP contribution in [0.4, 0.5) is 11.6 Å². The van der Waals surface area contributed by atoms with E-state index >= 15 is 0 Å². The minimum atomic E-state index is -0.711. The van der Waals surface area contributed by atoms with Crippen molar-refractivity contribution in [2.24, 2.45) is 7.05 Å². The zero-order valence-electron chi connectivity index (χ0n) is 23.0. The number of para-hydroxylation sites is 1. The summed E-state index contributed by atoms with van der Waals surface area (Å²) in [7, 11) is 1.68. The van der Waals surface area contributed by atoms with Crippen LogP contribution >= 0.6 is 0 Å². The Labute approximate surface area is 240 Å². The Bertz CT molecular complexity index is 1970. The van der Waals surface area contributed by atoms with Gasteiger partial charge in [0.1, 0.15) is 17.2 Å². The summed E-state index contributed by atoms with van der Waals surface area (Å²) in [5.74, 6) is 6.38. The molecule has 3 heterocycles. The fraction of sp³-hybridized carbons (Fsp3) is 0.129. The zero-order chi connectivity index (χ0) is 29.8. The second-order valence-corrected chi connectivity index (χ2v) is 9.43. The molecule has 3 aromatic heterocycles. The lowest BCUT2D eigenvalue weighted by Crippen LogP contribution is -2.34. The highest BCUT2D eigenvalue weighted by Crippen LogP contribution is 2.24. The highest BCUT2D eigenvalue weighted by molar-refractivity contribution is 6.03. The van der Waals surface area contributed by atoms with Crippen molar-refractivity contribution in [3.63, 3.8) is 0 Å². The van der Waals surface area contributed by atoms with Crippen LogP contribution in [0.3, 0.4) is 0 Å². The van der Waals surface area contributed by atoms with Crippen molar-refractivity contribution < 1.29 is 4.79 Å². The Morgan fingerprint density at radius 1 is 1.12 bits per heavy atom. The first-order chi connectivity index (χ1) is 20.3. The molecule has 11 nitrogen and oxygen atoms in total. The molecule has 5 aromatic rings. The van der Waals surface area contributed by atoms with Gasteiger partial charge in [-0.25, -0.2) is 4.98 Å². The lowest BCUT2D eigenvalue weighted by molar-refractivity contribution is 0.0939. The summed E-state index contributed by atoms with van der Waals surface area (Å²) >= 11 is 0. The number of hydrogen-bond acceptors (Lipinski definition) is 7. The SMILES string of the molecule is C=CCNc1c(C(=O)NC(C)c2nc3cccc(C#Cc4ccc(=O)[nH]c4)c3c(=O)n2-c2ccccc2)c(N)nn1C. The lowest BCUT2D eigenvalue weighted by Gasteiger charge is -2.20. The Hall–Kier alpha value is -5.89. The number of amides is 1. The summed E-state index contributed by atoms with van der Waals surface area (Å²) in [6, 6.07) is 16.6. The molecule has 42 heavy (non-hydrogen) atoms. The highest BCUT2D eigenvalue weighted by Gasteiger charge is 2.25. The van der Waals surface area contributed by atoms with E-state index in [1.165, 1.54) is 21.5 Å². The molecule has 0 aliphatic carbocycles. The second kappa shape index (κ2) is 11.7. The van der Waals surface area contributed by atoms with Crippen LogP contribution in [0.1, 0.15) is 40.3 Å². The average molecular weight is 561 g/mol. The first-order valence-corrected chi connectivity index (χ1v) is 13.1. The van der Waals surface area contributed by atoms with Crippen LogP contribution in [0.15, 0.2) is 89.1 Å². The standard InChI is InChI=1S/C31H28N8O3/c1-4-17-33-29-26(27(32)37-38(29)3)30(41)35-19(2)28-36-23-12-8-9-21(15-13-20-14-16-24(40)34-18-20)25(23)31(42)39(28)22-10-6-5-7-11-22/h4-12,14,16,18-19,33H,1,17H2,2-3H3,(H2,32,37)(H,34,40)(H,35,41). The third-order valence-electron chi connectivity index (χ3n) is 6.51. The molecule has 2 aromatic carbocycles. The molecule has 0 aliphatic heterocycles. The number of rotatable bonds is 7. The van der Waals surface area contributed by atoms with Crippen molar-refractivity contribution in [1.82, 2.24) is 29.6 Å². The lowest BCUT2D eigenvalue weighted by atomic mass is 10.1. The molecule has 11 heteroatoms. The summed E-state index contributed by atoms with van der Waals surface area (Å²) in [5.41, 5.74) is 7.75. The second-order valence-electron chi connectivity index (χ2n) is 9.43. The minimum absolute atomic E-state index is 0.0615. The number of anilines is 2. The van der Waals surface area contributed by atoms with E-state index in [0.29, 0.717) is 45.9 Å². The van der Waals surface area contributed by atoms with Gasteiger partial charge in [0.25, 0.3) is 11.5 Å². The van der Waals surface area contributed by atoms with Crippen LogP contribution in [0.2, 0.25) is 0 Å². The Balaban J connectivity index is 1.62. The number of carbonyl (C=O) groups excluding carboxylic acids is 1. The van der Waals surface area contributed by atoms with Gasteiger partial charge in [-0.15, -0.1) is 6.58 Å². The van der Waals surface area contributed by atoms with Gasteiger partial charge in [-0.3, -0.25) is 23.6 Å². The van der Waals surface area contributed by atoms with Gasteiger partial charge in [0.2, 0.25) is 5.56 Å². The number of nitrogens with zero attached hydrogens (tertiary/aromatic N) is 4. The quantitative estimate of drug-likeness (QED) is 0.176. The first kappa shape index (κ1) is 27.7. The van der Waals surface area contributed by atoms with E-state index in [9.17, 15) is 14.4 Å². The minimum Gasteiger partial charge on any atom is -0.381 e. The van der Waals surface area contributed by atoms with Crippen LogP contribution in [0, 0.1) is 11.8 Å². The molecule has 210 valence electrons. The van der Waals surface area contributed by atoms with Crippen LogP contribution in [0.5, 0.6) is 0 Å². The number of nitrogen functional groups attached to an aromatic ring is 1. The van der Waals surface area contributed by atoms with Crippen LogP contribution in [-0.2, 0) is 7.05 Å². The average Bonchev–Trinajstić information content (AvgIpc) is 3.28. The van der Waals surface area contributed by atoms with Gasteiger partial charge < -0.3 is 21.4 Å². The van der Waals surface area contributed by atoms with Gasteiger partial charge >= 0.3 is 0 Å². The zero-order valence-corrected chi connectivity index (χ0v) is 23.0. The van der Waals surface area contributed by atoms with Gasteiger partial charge in [0, 0.05) is 37.0 Å². The number of hydrogen-bond donors (Lipinski definition) is 4. The number of aryl methyl sites for hydroxylation is 1. The molecule has 1 atom stereocenters. The van der Waals surface area contributed by atoms with Crippen LogP contribution < -0.4 is 27.5 Å². The van der Waals surface area contributed by atoms with E-state index in [1.807, 2.05) is 18.2 Å². The van der Waals surface area contributed by atoms with Gasteiger partial charge in [-0.2, -0.15) is 5.10 Å². The maximum absolute atomic E-state index is 14.2. The van der Waals surface area contributed by atoms with Crippen molar-refractivity contribution in [2.45, 2.75) is 13.0 Å². The van der Waals surface area contributed by atoms with Crippen molar-refractivity contribution >= 4 is 28.4 Å². The smallest absolute Gasteiger partial charge is 0.267 e. The number of nitrogens with two attached hydrogens (primary N) is 1. The molecule has 0 saturated heterocycles. The third kappa shape index (κ3) is 5.41. The monoisotopic (exact) mass is 560 g/mol. The fourth-order valence-corrected chi connectivity index (χ4v) is 4.57. The molecular weight excluding hydrogens is 532 g/mol. The van der Waals surface area contributed by atoms with Crippen molar-refractivity contribution in [1.29, 1.82) is 0 Å². The van der Waals surface area contributed by atoms with Crippen LogP contribution in [-0.4, -0.2) is 36.8 Å². The summed E-state index contributed by atoms with van der Waals surface area (Å²) < 4.78 is 2.96. The van der Waals surface area contributed by atoms with E-state index in [-0.39, 0.29) is 22.5 Å². The van der Waals surface area contributed by atoms with E-state index in [2.05, 4.69) is 39.1 Å². The number of pyridine rings is 1. The third-order valence-corrected chi connectivity index (χ3v) is 6.51. The Kier molecular flexibility index (Phi) is 7.70. The van der Waals surface area contributed by atoms with Gasteiger partial charge in [0.15, 0.2) is 5.82 Å². The predicted octanol–water partition coefficient (Wildman–Crippen LogP) is 2.88. The molecule has 5 N–H and O–H groups in total. The molecule has 0 radical (unpaired) electrons. The largest absolute Gasteiger partial charge is 0.381 e. The highest BCUT2D eigenvalue weighted by atomic mass is 16.2. The summed E-state index contributed by atoms with van der Waals surface area (Å²) in [6.45, 7) is 5.85. The molecule has 0 saturated carbocycles. The molecular formula is C31H28N8O3. The number of fused-ring (bicyclic) bond motifs is 1. The number of carbonyl (C=O) groups is 1. The van der Waals surface area contributed by atoms with Crippen molar-refractivity contribution in [2.75, 3.05) is 17.6 Å². The topological polar surface area (TPSA) is 153 Å². The normalized spacial score (nSPS) is 11.4. The van der Waals surface area contributed by atoms with Crippen LogP contribution in [0.25, 0.3) is 16.6 Å². The van der Waals surface area contributed by atoms with Gasteiger partial charge in [-0.1, -0.05) is 42.2 Å². The Morgan fingerprint density at radius 3 is 2.62 bits per heavy atom. The summed E-state index contributed by atoms with van der Waals surface area (Å²) in [4.78, 5) is 46.5.